The highest BCUT2D eigenvalue weighted by molar-refractivity contribution is 5.81. The molecule has 2 atom stereocenters. The van der Waals surface area contributed by atoms with Crippen LogP contribution in [0.25, 0.3) is 0 Å². The molecule has 0 bridgehead atoms. The fourth-order valence-electron chi connectivity index (χ4n) is 1.53. The first-order valence-corrected chi connectivity index (χ1v) is 4.23. The maximum absolute atomic E-state index is 12.3. The van der Waals surface area contributed by atoms with E-state index in [1.807, 2.05) is 0 Å². The van der Waals surface area contributed by atoms with E-state index in [1.54, 1.807) is 0 Å². The molecule has 0 aliphatic carbocycles. The SMILES string of the molecule is CC(=O)C[C@@H](C)[C@H](C(C)=O)C(F)(F)F. The summed E-state index contributed by atoms with van der Waals surface area (Å²) in [6, 6.07) is 0. The Kier molecular flexibility index (Phi) is 4.29. The van der Waals surface area contributed by atoms with E-state index in [4.69, 9.17) is 0 Å². The van der Waals surface area contributed by atoms with Crippen LogP contribution in [0.3, 0.4) is 0 Å². The van der Waals surface area contributed by atoms with Gasteiger partial charge in [-0.1, -0.05) is 6.92 Å². The number of carbonyl (C=O) groups is 2. The fraction of sp³-hybridized carbons (Fsp3) is 0.778. The van der Waals surface area contributed by atoms with Crippen molar-refractivity contribution in [3.8, 4) is 0 Å². The van der Waals surface area contributed by atoms with Gasteiger partial charge in [0, 0.05) is 6.42 Å². The first kappa shape index (κ1) is 13.1. The van der Waals surface area contributed by atoms with E-state index in [1.165, 1.54) is 13.8 Å². The predicted octanol–water partition coefficient (Wildman–Crippen LogP) is 2.37. The lowest BCUT2D eigenvalue weighted by Gasteiger charge is -2.23. The van der Waals surface area contributed by atoms with Crippen LogP contribution in [0.1, 0.15) is 27.2 Å². The molecule has 0 aromatic rings. The molecule has 14 heavy (non-hydrogen) atoms. The Labute approximate surface area is 80.5 Å². The predicted molar refractivity (Wildman–Crippen MR) is 44.7 cm³/mol. The van der Waals surface area contributed by atoms with Gasteiger partial charge in [0.2, 0.25) is 0 Å². The van der Waals surface area contributed by atoms with Gasteiger partial charge >= 0.3 is 6.18 Å². The van der Waals surface area contributed by atoms with Crippen LogP contribution in [0.4, 0.5) is 13.2 Å². The molecule has 0 rings (SSSR count). The van der Waals surface area contributed by atoms with Crippen molar-refractivity contribution in [2.75, 3.05) is 0 Å². The van der Waals surface area contributed by atoms with Gasteiger partial charge in [-0.15, -0.1) is 0 Å². The normalized spacial score (nSPS) is 16.1. The number of halogens is 3. The maximum atomic E-state index is 12.3. The molecule has 0 aromatic carbocycles. The Morgan fingerprint density at radius 2 is 1.64 bits per heavy atom. The van der Waals surface area contributed by atoms with Crippen molar-refractivity contribution in [1.82, 2.24) is 0 Å². The number of Topliss-reactive ketones (excluding diaryl/α,β-unsaturated/α-hetero) is 2. The van der Waals surface area contributed by atoms with E-state index in [9.17, 15) is 22.8 Å². The van der Waals surface area contributed by atoms with Crippen molar-refractivity contribution in [3.05, 3.63) is 0 Å². The maximum Gasteiger partial charge on any atom is 0.398 e. The van der Waals surface area contributed by atoms with Crippen LogP contribution in [0.5, 0.6) is 0 Å². The molecule has 0 aliphatic heterocycles. The van der Waals surface area contributed by atoms with Gasteiger partial charge in [-0.25, -0.2) is 0 Å². The molecule has 0 heterocycles. The highest BCUT2D eigenvalue weighted by Crippen LogP contribution is 2.34. The summed E-state index contributed by atoms with van der Waals surface area (Å²) in [6.45, 7) is 3.37. The largest absolute Gasteiger partial charge is 0.398 e. The second-order valence-electron chi connectivity index (χ2n) is 3.51. The van der Waals surface area contributed by atoms with Gasteiger partial charge < -0.3 is 4.79 Å². The lowest BCUT2D eigenvalue weighted by molar-refractivity contribution is -0.190. The molecule has 0 saturated heterocycles. The van der Waals surface area contributed by atoms with Crippen molar-refractivity contribution in [2.24, 2.45) is 11.8 Å². The standard InChI is InChI=1S/C9H13F3O2/c1-5(4-6(2)13)8(7(3)14)9(10,11)12/h5,8H,4H2,1-3H3/t5-,8-/m1/s1. The van der Waals surface area contributed by atoms with Crippen molar-refractivity contribution >= 4 is 11.6 Å². The molecule has 5 heteroatoms. The summed E-state index contributed by atoms with van der Waals surface area (Å²) in [5.74, 6) is -4.28. The van der Waals surface area contributed by atoms with E-state index in [0.29, 0.717) is 0 Å². The fourth-order valence-corrected chi connectivity index (χ4v) is 1.53. The Morgan fingerprint density at radius 1 is 1.21 bits per heavy atom. The van der Waals surface area contributed by atoms with Gasteiger partial charge in [-0.05, 0) is 19.8 Å². The molecule has 0 fully saturated rings. The summed E-state index contributed by atoms with van der Waals surface area (Å²) in [4.78, 5) is 21.4. The molecule has 0 spiro atoms. The zero-order chi connectivity index (χ0) is 11.5. The monoisotopic (exact) mass is 210 g/mol. The number of rotatable bonds is 4. The highest BCUT2D eigenvalue weighted by Gasteiger charge is 2.46. The summed E-state index contributed by atoms with van der Waals surface area (Å²) < 4.78 is 37.0. The van der Waals surface area contributed by atoms with E-state index in [0.717, 1.165) is 6.92 Å². The highest BCUT2D eigenvalue weighted by atomic mass is 19.4. The molecular weight excluding hydrogens is 197 g/mol. The first-order chi connectivity index (χ1) is 6.16. The van der Waals surface area contributed by atoms with Crippen molar-refractivity contribution in [3.63, 3.8) is 0 Å². The Balaban J connectivity index is 4.67. The third-order valence-corrected chi connectivity index (χ3v) is 1.97. The third-order valence-electron chi connectivity index (χ3n) is 1.97. The first-order valence-electron chi connectivity index (χ1n) is 4.23. The molecule has 0 aromatic heterocycles. The van der Waals surface area contributed by atoms with Gasteiger partial charge in [-0.3, -0.25) is 4.79 Å². The molecule has 0 aliphatic rings. The summed E-state index contributed by atoms with van der Waals surface area (Å²) in [6.07, 6.45) is -4.77. The minimum absolute atomic E-state index is 0.218. The molecule has 2 nitrogen and oxygen atoms in total. The molecular formula is C9H13F3O2. The lowest BCUT2D eigenvalue weighted by Crippen LogP contribution is -2.35. The van der Waals surface area contributed by atoms with Crippen molar-refractivity contribution in [2.45, 2.75) is 33.4 Å². The van der Waals surface area contributed by atoms with Gasteiger partial charge in [-0.2, -0.15) is 13.2 Å². The second kappa shape index (κ2) is 4.57. The van der Waals surface area contributed by atoms with Crippen LogP contribution < -0.4 is 0 Å². The zero-order valence-electron chi connectivity index (χ0n) is 8.31. The minimum atomic E-state index is -4.55. The number of hydrogen-bond donors (Lipinski definition) is 0. The molecule has 0 N–H and O–H groups in total. The summed E-state index contributed by atoms with van der Waals surface area (Å²) in [7, 11) is 0. The van der Waals surface area contributed by atoms with E-state index in [-0.39, 0.29) is 12.2 Å². The van der Waals surface area contributed by atoms with Crippen molar-refractivity contribution < 1.29 is 22.8 Å². The topological polar surface area (TPSA) is 34.1 Å². The third kappa shape index (κ3) is 3.89. The Bertz CT molecular complexity index is 233. The minimum Gasteiger partial charge on any atom is -0.300 e. The van der Waals surface area contributed by atoms with Crippen molar-refractivity contribution in [1.29, 1.82) is 0 Å². The smallest absolute Gasteiger partial charge is 0.300 e. The average Bonchev–Trinajstić information content (AvgIpc) is 1.78. The quantitative estimate of drug-likeness (QED) is 0.713. The Hall–Kier alpha value is -0.870. The summed E-state index contributed by atoms with van der Waals surface area (Å²) in [5.41, 5.74) is 0. The van der Waals surface area contributed by atoms with Gasteiger partial charge in [0.05, 0.1) is 0 Å². The molecule has 82 valence electrons. The molecule has 0 unspecified atom stereocenters. The van der Waals surface area contributed by atoms with Gasteiger partial charge in [0.1, 0.15) is 17.5 Å². The molecule has 0 saturated carbocycles. The van der Waals surface area contributed by atoms with Gasteiger partial charge in [0.15, 0.2) is 0 Å². The lowest BCUT2D eigenvalue weighted by atomic mass is 9.86. The van der Waals surface area contributed by atoms with Crippen LogP contribution in [-0.2, 0) is 9.59 Å². The van der Waals surface area contributed by atoms with E-state index >= 15 is 0 Å². The molecule has 0 amide bonds. The average molecular weight is 210 g/mol. The summed E-state index contributed by atoms with van der Waals surface area (Å²) in [5, 5.41) is 0. The van der Waals surface area contributed by atoms with Crippen LogP contribution >= 0.6 is 0 Å². The second-order valence-corrected chi connectivity index (χ2v) is 3.51. The Morgan fingerprint density at radius 3 is 1.86 bits per heavy atom. The number of alkyl halides is 3. The zero-order valence-corrected chi connectivity index (χ0v) is 8.31. The number of hydrogen-bond acceptors (Lipinski definition) is 2. The number of ketones is 2. The van der Waals surface area contributed by atoms with Crippen LogP contribution in [-0.4, -0.2) is 17.7 Å². The van der Waals surface area contributed by atoms with Crippen LogP contribution in [0, 0.1) is 11.8 Å². The van der Waals surface area contributed by atoms with E-state index < -0.39 is 23.8 Å². The number of carbonyl (C=O) groups excluding carboxylic acids is 2. The van der Waals surface area contributed by atoms with E-state index in [2.05, 4.69) is 0 Å². The van der Waals surface area contributed by atoms with Gasteiger partial charge in [0.25, 0.3) is 0 Å². The van der Waals surface area contributed by atoms with Crippen LogP contribution in [0.2, 0.25) is 0 Å². The molecule has 0 radical (unpaired) electrons. The summed E-state index contributed by atoms with van der Waals surface area (Å²) >= 11 is 0. The van der Waals surface area contributed by atoms with Crippen LogP contribution in [0.15, 0.2) is 0 Å².